The standard InChI is InChI=1S/C25H35N3O3/c1-25(24(30)26-20-12-6-4-3-5-7-13-20)18-27-21-14-9-8-11-19(21)17-22(27)23(29)28(25)15-10-16-31-2/h8-9,11,14,17,20H,3-7,10,12-13,15-16,18H2,1-2H3,(H,26,30). The van der Waals surface area contributed by atoms with Crippen LogP contribution in [-0.2, 0) is 16.1 Å². The number of aromatic nitrogens is 1. The molecule has 1 fully saturated rings. The van der Waals surface area contributed by atoms with Crippen LogP contribution in [0.25, 0.3) is 10.9 Å². The summed E-state index contributed by atoms with van der Waals surface area (Å²) in [7, 11) is 1.66. The van der Waals surface area contributed by atoms with E-state index in [1.165, 1.54) is 19.3 Å². The van der Waals surface area contributed by atoms with E-state index in [0.717, 1.165) is 36.6 Å². The second kappa shape index (κ2) is 9.43. The molecular weight excluding hydrogens is 390 g/mol. The van der Waals surface area contributed by atoms with Crippen molar-refractivity contribution in [2.45, 2.75) is 76.4 Å². The van der Waals surface area contributed by atoms with E-state index < -0.39 is 5.54 Å². The molecule has 2 heterocycles. The molecular formula is C25H35N3O3. The molecule has 168 valence electrons. The molecule has 1 saturated carbocycles. The maximum atomic E-state index is 13.7. The van der Waals surface area contributed by atoms with Gasteiger partial charge in [-0.25, -0.2) is 0 Å². The van der Waals surface area contributed by atoms with E-state index in [1.54, 1.807) is 12.0 Å². The second-order valence-corrected chi connectivity index (χ2v) is 9.27. The Morgan fingerprint density at radius 3 is 2.61 bits per heavy atom. The normalized spacial score (nSPS) is 22.8. The molecule has 0 saturated heterocycles. The van der Waals surface area contributed by atoms with E-state index in [0.29, 0.717) is 31.8 Å². The van der Waals surface area contributed by atoms with Crippen LogP contribution >= 0.6 is 0 Å². The van der Waals surface area contributed by atoms with Gasteiger partial charge in [0.2, 0.25) is 5.91 Å². The van der Waals surface area contributed by atoms with Gasteiger partial charge in [0.05, 0.1) is 6.54 Å². The summed E-state index contributed by atoms with van der Waals surface area (Å²) in [5.74, 6) is -0.110. The van der Waals surface area contributed by atoms with Crippen molar-refractivity contribution in [3.8, 4) is 0 Å². The Hall–Kier alpha value is -2.34. The van der Waals surface area contributed by atoms with Crippen molar-refractivity contribution >= 4 is 22.7 Å². The van der Waals surface area contributed by atoms with E-state index >= 15 is 0 Å². The lowest BCUT2D eigenvalue weighted by molar-refractivity contribution is -0.133. The van der Waals surface area contributed by atoms with E-state index in [1.807, 2.05) is 41.8 Å². The smallest absolute Gasteiger partial charge is 0.271 e. The van der Waals surface area contributed by atoms with Crippen LogP contribution in [0.4, 0.5) is 0 Å². The molecule has 31 heavy (non-hydrogen) atoms. The van der Waals surface area contributed by atoms with Gasteiger partial charge in [-0.15, -0.1) is 0 Å². The van der Waals surface area contributed by atoms with Crippen molar-refractivity contribution in [1.82, 2.24) is 14.8 Å². The predicted octanol–water partition coefficient (Wildman–Crippen LogP) is 4.12. The maximum Gasteiger partial charge on any atom is 0.271 e. The average Bonchev–Trinajstić information content (AvgIpc) is 3.11. The van der Waals surface area contributed by atoms with Crippen LogP contribution in [0.1, 0.15) is 68.8 Å². The van der Waals surface area contributed by atoms with Crippen LogP contribution in [-0.4, -0.2) is 53.1 Å². The van der Waals surface area contributed by atoms with Crippen LogP contribution in [0.15, 0.2) is 30.3 Å². The molecule has 6 heteroatoms. The molecule has 1 aliphatic heterocycles. The molecule has 1 aromatic carbocycles. The molecule has 4 rings (SSSR count). The van der Waals surface area contributed by atoms with Crippen LogP contribution in [0.3, 0.4) is 0 Å². The monoisotopic (exact) mass is 425 g/mol. The van der Waals surface area contributed by atoms with Crippen molar-refractivity contribution in [1.29, 1.82) is 0 Å². The lowest BCUT2D eigenvalue weighted by Gasteiger charge is -2.44. The van der Waals surface area contributed by atoms with E-state index in [4.69, 9.17) is 4.74 Å². The fourth-order valence-corrected chi connectivity index (χ4v) is 5.16. The Labute approximate surface area is 184 Å². The van der Waals surface area contributed by atoms with Crippen LogP contribution in [0.5, 0.6) is 0 Å². The minimum atomic E-state index is -0.929. The van der Waals surface area contributed by atoms with Gasteiger partial charge in [-0.2, -0.15) is 0 Å². The number of hydrogen-bond donors (Lipinski definition) is 1. The Kier molecular flexibility index (Phi) is 6.65. The highest BCUT2D eigenvalue weighted by atomic mass is 16.5. The van der Waals surface area contributed by atoms with Crippen molar-refractivity contribution in [2.75, 3.05) is 20.3 Å². The summed E-state index contributed by atoms with van der Waals surface area (Å²) in [5.41, 5.74) is 0.740. The third-order valence-electron chi connectivity index (χ3n) is 7.00. The fourth-order valence-electron chi connectivity index (χ4n) is 5.16. The van der Waals surface area contributed by atoms with E-state index in [9.17, 15) is 9.59 Å². The van der Waals surface area contributed by atoms with Gasteiger partial charge in [-0.3, -0.25) is 9.59 Å². The summed E-state index contributed by atoms with van der Waals surface area (Å²) < 4.78 is 7.25. The SMILES string of the molecule is COCCCN1C(=O)c2cc3ccccc3n2CC1(C)C(=O)NC1CCCCCCC1. The number of nitrogens with zero attached hydrogens (tertiary/aromatic N) is 2. The van der Waals surface area contributed by atoms with Crippen molar-refractivity contribution in [3.63, 3.8) is 0 Å². The number of hydrogen-bond acceptors (Lipinski definition) is 3. The number of ether oxygens (including phenoxy) is 1. The first kappa shape index (κ1) is 21.9. The molecule has 1 unspecified atom stereocenters. The molecule has 1 aliphatic carbocycles. The summed E-state index contributed by atoms with van der Waals surface area (Å²) in [4.78, 5) is 29.0. The molecule has 0 radical (unpaired) electrons. The Bertz CT molecular complexity index is 929. The topological polar surface area (TPSA) is 63.6 Å². The second-order valence-electron chi connectivity index (χ2n) is 9.27. The van der Waals surface area contributed by atoms with Crippen molar-refractivity contribution in [2.24, 2.45) is 0 Å². The Balaban J connectivity index is 1.64. The van der Waals surface area contributed by atoms with Crippen molar-refractivity contribution in [3.05, 3.63) is 36.0 Å². The summed E-state index contributed by atoms with van der Waals surface area (Å²) >= 11 is 0. The van der Waals surface area contributed by atoms with Gasteiger partial charge in [-0.05, 0) is 38.3 Å². The zero-order valence-corrected chi connectivity index (χ0v) is 18.9. The van der Waals surface area contributed by atoms with E-state index in [-0.39, 0.29) is 17.9 Å². The number of fused-ring (bicyclic) bond motifs is 3. The number of para-hydroxylation sites is 1. The molecule has 1 atom stereocenters. The summed E-state index contributed by atoms with van der Waals surface area (Å²) in [5, 5.41) is 4.37. The molecule has 1 N–H and O–H groups in total. The minimum absolute atomic E-state index is 0.0349. The zero-order valence-electron chi connectivity index (χ0n) is 18.9. The third kappa shape index (κ3) is 4.36. The predicted molar refractivity (Wildman–Crippen MR) is 122 cm³/mol. The van der Waals surface area contributed by atoms with Crippen LogP contribution < -0.4 is 5.32 Å². The highest BCUT2D eigenvalue weighted by Gasteiger charge is 2.47. The molecule has 2 aliphatic rings. The molecule has 0 bridgehead atoms. The maximum absolute atomic E-state index is 13.7. The molecule has 0 spiro atoms. The summed E-state index contributed by atoms with van der Waals surface area (Å²) in [6.07, 6.45) is 8.84. The number of rotatable bonds is 6. The third-order valence-corrected chi connectivity index (χ3v) is 7.00. The zero-order chi connectivity index (χ0) is 21.8. The summed E-state index contributed by atoms with van der Waals surface area (Å²) in [6.45, 7) is 3.46. The molecule has 2 aromatic rings. The van der Waals surface area contributed by atoms with Gasteiger partial charge in [-0.1, -0.05) is 50.3 Å². The lowest BCUT2D eigenvalue weighted by atomic mass is 9.92. The lowest BCUT2D eigenvalue weighted by Crippen LogP contribution is -2.65. The number of amides is 2. The average molecular weight is 426 g/mol. The minimum Gasteiger partial charge on any atom is -0.385 e. The fraction of sp³-hybridized carbons (Fsp3) is 0.600. The number of carbonyl (C=O) groups is 2. The first-order chi connectivity index (χ1) is 15.0. The Morgan fingerprint density at radius 1 is 1.16 bits per heavy atom. The number of methoxy groups -OCH3 is 1. The van der Waals surface area contributed by atoms with Gasteiger partial charge in [0, 0.05) is 37.2 Å². The summed E-state index contributed by atoms with van der Waals surface area (Å²) in [6, 6.07) is 10.2. The van der Waals surface area contributed by atoms with Gasteiger partial charge >= 0.3 is 0 Å². The first-order valence-corrected chi connectivity index (χ1v) is 11.7. The molecule has 1 aromatic heterocycles. The van der Waals surface area contributed by atoms with Gasteiger partial charge < -0.3 is 19.5 Å². The Morgan fingerprint density at radius 2 is 1.87 bits per heavy atom. The van der Waals surface area contributed by atoms with Gasteiger partial charge in [0.15, 0.2) is 0 Å². The highest BCUT2D eigenvalue weighted by molar-refractivity contribution is 6.03. The van der Waals surface area contributed by atoms with Crippen molar-refractivity contribution < 1.29 is 14.3 Å². The largest absolute Gasteiger partial charge is 0.385 e. The van der Waals surface area contributed by atoms with Crippen LogP contribution in [0.2, 0.25) is 0 Å². The molecule has 6 nitrogen and oxygen atoms in total. The van der Waals surface area contributed by atoms with Crippen LogP contribution in [0, 0.1) is 0 Å². The number of benzene rings is 1. The molecule has 2 amide bonds. The van der Waals surface area contributed by atoms with Gasteiger partial charge in [0.1, 0.15) is 11.2 Å². The van der Waals surface area contributed by atoms with Gasteiger partial charge in [0.25, 0.3) is 5.91 Å². The number of nitrogens with one attached hydrogen (secondary N) is 1. The van der Waals surface area contributed by atoms with E-state index in [2.05, 4.69) is 5.32 Å². The highest BCUT2D eigenvalue weighted by Crippen LogP contribution is 2.33. The number of carbonyl (C=O) groups excluding carboxylic acids is 2. The quantitative estimate of drug-likeness (QED) is 0.708. The first-order valence-electron chi connectivity index (χ1n) is 11.7.